The van der Waals surface area contributed by atoms with Crippen molar-refractivity contribution in [1.29, 1.82) is 0 Å². The first-order valence-corrected chi connectivity index (χ1v) is 12.9. The summed E-state index contributed by atoms with van der Waals surface area (Å²) in [6.07, 6.45) is 3.19. The molecule has 0 saturated carbocycles. The number of allylic oxidation sites excluding steroid dienone is 1. The van der Waals surface area contributed by atoms with Gasteiger partial charge in [0.1, 0.15) is 0 Å². The van der Waals surface area contributed by atoms with Crippen LogP contribution in [0.3, 0.4) is 0 Å². The molecule has 0 aromatic heterocycles. The highest BCUT2D eigenvalue weighted by Gasteiger charge is 2.41. The van der Waals surface area contributed by atoms with Crippen molar-refractivity contribution in [2.45, 2.75) is 44.7 Å². The van der Waals surface area contributed by atoms with Gasteiger partial charge in [0.05, 0.1) is 36.9 Å². The zero-order valence-corrected chi connectivity index (χ0v) is 21.2. The SMILES string of the molecule is COC(=O)C1=C(C)N=C2SC=C(CC(=O)NC3CCCc4ccccc43)N2C1c1cccc(Cl)c1. The number of benzene rings is 2. The van der Waals surface area contributed by atoms with Gasteiger partial charge in [0.2, 0.25) is 5.91 Å². The van der Waals surface area contributed by atoms with Crippen molar-refractivity contribution < 1.29 is 14.3 Å². The molecule has 5 rings (SSSR count). The molecule has 0 saturated heterocycles. The molecule has 1 amide bonds. The van der Waals surface area contributed by atoms with Crippen molar-refractivity contribution in [1.82, 2.24) is 10.2 Å². The molecule has 1 aliphatic carbocycles. The molecular weight excluding hydrogens is 482 g/mol. The summed E-state index contributed by atoms with van der Waals surface area (Å²) in [4.78, 5) is 32.7. The first-order valence-electron chi connectivity index (χ1n) is 11.6. The minimum absolute atomic E-state index is 0.00750. The quantitative estimate of drug-likeness (QED) is 0.528. The van der Waals surface area contributed by atoms with Crippen LogP contribution in [0.2, 0.25) is 5.02 Å². The molecule has 6 nitrogen and oxygen atoms in total. The van der Waals surface area contributed by atoms with E-state index in [0.717, 1.165) is 35.7 Å². The second-order valence-electron chi connectivity index (χ2n) is 8.83. The van der Waals surface area contributed by atoms with E-state index >= 15 is 0 Å². The van der Waals surface area contributed by atoms with Crippen LogP contribution in [0, 0.1) is 0 Å². The van der Waals surface area contributed by atoms with Crippen LogP contribution in [0.5, 0.6) is 0 Å². The molecule has 2 aromatic rings. The molecule has 2 atom stereocenters. The average Bonchev–Trinajstić information content (AvgIpc) is 3.24. The minimum atomic E-state index is -0.488. The standard InChI is InChI=1S/C27H26ClN3O3S/c1-16-24(26(33)34-2)25(18-9-5-10-19(28)13-18)31-20(15-35-27(31)29-16)14-23(32)30-22-12-6-8-17-7-3-4-11-21(17)22/h3-5,7,9-11,13,15,22,25H,6,8,12,14H2,1-2H3,(H,30,32). The molecule has 180 valence electrons. The number of rotatable bonds is 5. The summed E-state index contributed by atoms with van der Waals surface area (Å²) in [5, 5.41) is 6.47. The average molecular weight is 508 g/mol. The van der Waals surface area contributed by atoms with E-state index in [4.69, 9.17) is 16.3 Å². The number of esters is 1. The number of aryl methyl sites for hydroxylation is 1. The van der Waals surface area contributed by atoms with Crippen LogP contribution in [0.15, 0.2) is 75.9 Å². The number of halogens is 1. The van der Waals surface area contributed by atoms with Crippen molar-refractivity contribution >= 4 is 40.4 Å². The Labute approximate surface area is 214 Å². The topological polar surface area (TPSA) is 71.0 Å². The fourth-order valence-electron chi connectivity index (χ4n) is 5.05. The summed E-state index contributed by atoms with van der Waals surface area (Å²) in [5.41, 5.74) is 5.15. The third kappa shape index (κ3) is 4.62. The second-order valence-corrected chi connectivity index (χ2v) is 10.1. The molecule has 0 bridgehead atoms. The Morgan fingerprint density at radius 1 is 1.23 bits per heavy atom. The lowest BCUT2D eigenvalue weighted by Crippen LogP contribution is -2.38. The number of carbonyl (C=O) groups excluding carboxylic acids is 2. The summed E-state index contributed by atoms with van der Waals surface area (Å²) in [6.45, 7) is 1.81. The van der Waals surface area contributed by atoms with Gasteiger partial charge in [0, 0.05) is 10.7 Å². The fourth-order valence-corrected chi connectivity index (χ4v) is 6.21. The van der Waals surface area contributed by atoms with E-state index in [9.17, 15) is 9.59 Å². The highest BCUT2D eigenvalue weighted by Crippen LogP contribution is 2.45. The number of amides is 1. The summed E-state index contributed by atoms with van der Waals surface area (Å²) in [7, 11) is 1.36. The smallest absolute Gasteiger partial charge is 0.338 e. The molecule has 2 unspecified atom stereocenters. The third-order valence-electron chi connectivity index (χ3n) is 6.62. The number of nitrogens with zero attached hydrogens (tertiary/aromatic N) is 2. The minimum Gasteiger partial charge on any atom is -0.466 e. The summed E-state index contributed by atoms with van der Waals surface area (Å²) < 4.78 is 5.11. The van der Waals surface area contributed by atoms with E-state index in [1.54, 1.807) is 13.0 Å². The molecule has 3 aliphatic rings. The van der Waals surface area contributed by atoms with Crippen LogP contribution < -0.4 is 5.32 Å². The van der Waals surface area contributed by atoms with Crippen molar-refractivity contribution in [2.75, 3.05) is 7.11 Å². The van der Waals surface area contributed by atoms with Gasteiger partial charge < -0.3 is 15.0 Å². The number of carbonyl (C=O) groups is 2. The number of hydrogen-bond donors (Lipinski definition) is 1. The molecule has 1 N–H and O–H groups in total. The molecule has 35 heavy (non-hydrogen) atoms. The van der Waals surface area contributed by atoms with E-state index in [-0.39, 0.29) is 18.4 Å². The van der Waals surface area contributed by atoms with E-state index in [1.807, 2.05) is 40.6 Å². The molecule has 0 radical (unpaired) electrons. The number of aliphatic imine (C=N–C) groups is 1. The first-order chi connectivity index (χ1) is 17.0. The molecule has 0 spiro atoms. The van der Waals surface area contributed by atoms with Gasteiger partial charge >= 0.3 is 5.97 Å². The third-order valence-corrected chi connectivity index (χ3v) is 7.74. The number of hydrogen-bond acceptors (Lipinski definition) is 6. The van der Waals surface area contributed by atoms with Gasteiger partial charge in [-0.2, -0.15) is 0 Å². The van der Waals surface area contributed by atoms with Crippen LogP contribution in [0.4, 0.5) is 0 Å². The predicted molar refractivity (Wildman–Crippen MR) is 139 cm³/mol. The lowest BCUT2D eigenvalue weighted by molar-refractivity contribution is -0.136. The molecule has 2 heterocycles. The predicted octanol–water partition coefficient (Wildman–Crippen LogP) is 5.67. The van der Waals surface area contributed by atoms with Crippen LogP contribution >= 0.6 is 23.4 Å². The molecular formula is C27H26ClN3O3S. The van der Waals surface area contributed by atoms with E-state index in [1.165, 1.54) is 30.0 Å². The molecule has 2 aromatic carbocycles. The zero-order chi connectivity index (χ0) is 24.5. The Morgan fingerprint density at radius 3 is 2.86 bits per heavy atom. The number of thioether (sulfide) groups is 1. The number of ether oxygens (including phenoxy) is 1. The highest BCUT2D eigenvalue weighted by atomic mass is 35.5. The lowest BCUT2D eigenvalue weighted by Gasteiger charge is -2.36. The Morgan fingerprint density at radius 2 is 2.06 bits per heavy atom. The summed E-state index contributed by atoms with van der Waals surface area (Å²) >= 11 is 7.76. The van der Waals surface area contributed by atoms with Crippen LogP contribution in [-0.2, 0) is 20.7 Å². The molecule has 8 heteroatoms. The number of amidine groups is 1. The van der Waals surface area contributed by atoms with Crippen LogP contribution in [0.1, 0.15) is 55.0 Å². The normalized spacial score (nSPS) is 21.1. The maximum atomic E-state index is 13.2. The van der Waals surface area contributed by atoms with E-state index < -0.39 is 12.0 Å². The van der Waals surface area contributed by atoms with E-state index in [2.05, 4.69) is 22.4 Å². The Bertz CT molecular complexity index is 1290. The van der Waals surface area contributed by atoms with Crippen molar-refractivity contribution in [3.05, 3.63) is 92.6 Å². The van der Waals surface area contributed by atoms with Gasteiger partial charge in [-0.05, 0) is 60.4 Å². The van der Waals surface area contributed by atoms with E-state index in [0.29, 0.717) is 16.3 Å². The monoisotopic (exact) mass is 507 g/mol. The Hall–Kier alpha value is -3.03. The summed E-state index contributed by atoms with van der Waals surface area (Å²) in [6, 6.07) is 15.2. The number of methoxy groups -OCH3 is 1. The lowest BCUT2D eigenvalue weighted by atomic mass is 9.87. The van der Waals surface area contributed by atoms with Gasteiger partial charge in [-0.15, -0.1) is 0 Å². The summed E-state index contributed by atoms with van der Waals surface area (Å²) in [5.74, 6) is -0.509. The van der Waals surface area contributed by atoms with Crippen molar-refractivity contribution in [3.63, 3.8) is 0 Å². The highest BCUT2D eigenvalue weighted by molar-refractivity contribution is 8.16. The number of fused-ring (bicyclic) bond motifs is 2. The van der Waals surface area contributed by atoms with Crippen molar-refractivity contribution in [2.24, 2.45) is 4.99 Å². The fraction of sp³-hybridized carbons (Fsp3) is 0.296. The van der Waals surface area contributed by atoms with Gasteiger partial charge in [0.25, 0.3) is 0 Å². The second kappa shape index (κ2) is 9.91. The van der Waals surface area contributed by atoms with Gasteiger partial charge in [-0.1, -0.05) is 59.8 Å². The van der Waals surface area contributed by atoms with Gasteiger partial charge in [-0.25, -0.2) is 9.79 Å². The Balaban J connectivity index is 1.42. The van der Waals surface area contributed by atoms with Crippen LogP contribution in [-0.4, -0.2) is 29.1 Å². The maximum absolute atomic E-state index is 13.2. The van der Waals surface area contributed by atoms with Gasteiger partial charge in [0.15, 0.2) is 5.17 Å². The molecule has 2 aliphatic heterocycles. The molecule has 0 fully saturated rings. The first kappa shape index (κ1) is 23.7. The van der Waals surface area contributed by atoms with Crippen LogP contribution in [0.25, 0.3) is 0 Å². The number of nitrogens with one attached hydrogen (secondary N) is 1. The zero-order valence-electron chi connectivity index (χ0n) is 19.6. The van der Waals surface area contributed by atoms with Crippen molar-refractivity contribution in [3.8, 4) is 0 Å². The maximum Gasteiger partial charge on any atom is 0.338 e. The largest absolute Gasteiger partial charge is 0.466 e. The van der Waals surface area contributed by atoms with Gasteiger partial charge in [-0.3, -0.25) is 4.79 Å². The Kier molecular flexibility index (Phi) is 6.71.